The zero-order valence-corrected chi connectivity index (χ0v) is 17.6. The molecule has 0 aliphatic heterocycles. The summed E-state index contributed by atoms with van der Waals surface area (Å²) in [7, 11) is 0. The lowest BCUT2D eigenvalue weighted by molar-refractivity contribution is -0.143. The van der Waals surface area contributed by atoms with Crippen LogP contribution in [0.5, 0.6) is 5.75 Å². The van der Waals surface area contributed by atoms with E-state index in [9.17, 15) is 20.0 Å². The monoisotopic (exact) mass is 421 g/mol. The van der Waals surface area contributed by atoms with Gasteiger partial charge in [0.1, 0.15) is 18.4 Å². The molecule has 8 nitrogen and oxygen atoms in total. The molecule has 0 radical (unpaired) electrons. The molecule has 0 saturated heterocycles. The van der Waals surface area contributed by atoms with Gasteiger partial charge in [-0.25, -0.2) is 4.79 Å². The molecule has 0 amide bonds. The van der Waals surface area contributed by atoms with Gasteiger partial charge in [0.2, 0.25) is 0 Å². The summed E-state index contributed by atoms with van der Waals surface area (Å²) in [5.74, 6) is -1.16. The summed E-state index contributed by atoms with van der Waals surface area (Å²) >= 11 is 0. The minimum atomic E-state index is -0.687. The van der Waals surface area contributed by atoms with Crippen LogP contribution in [0.15, 0.2) is 30.3 Å². The summed E-state index contributed by atoms with van der Waals surface area (Å²) in [6.07, 6.45) is 0. The molecule has 1 aromatic heterocycles. The van der Waals surface area contributed by atoms with Gasteiger partial charge in [-0.2, -0.15) is 5.26 Å². The van der Waals surface area contributed by atoms with Gasteiger partial charge in [-0.05, 0) is 50.1 Å². The molecule has 3 aromatic rings. The lowest BCUT2D eigenvalue weighted by atomic mass is 9.93. The third-order valence-corrected chi connectivity index (χ3v) is 4.91. The number of hydrogen-bond acceptors (Lipinski definition) is 7. The highest BCUT2D eigenvalue weighted by molar-refractivity contribution is 6.10. The van der Waals surface area contributed by atoms with E-state index in [1.807, 2.05) is 6.92 Å². The minimum absolute atomic E-state index is 0.00339. The number of aryl methyl sites for hydroxylation is 1. The van der Waals surface area contributed by atoms with Gasteiger partial charge in [-0.3, -0.25) is 4.79 Å². The second-order valence-corrected chi connectivity index (χ2v) is 6.87. The van der Waals surface area contributed by atoms with Crippen molar-refractivity contribution in [1.29, 1.82) is 5.26 Å². The number of esters is 2. The molecular weight excluding hydrogens is 398 g/mol. The number of rotatable bonds is 6. The van der Waals surface area contributed by atoms with E-state index in [1.54, 1.807) is 32.0 Å². The fraction of sp³-hybridized carbons (Fsp3) is 0.261. The van der Waals surface area contributed by atoms with Crippen LogP contribution < -0.4 is 5.73 Å². The lowest BCUT2D eigenvalue weighted by Gasteiger charge is -2.14. The maximum absolute atomic E-state index is 12.7. The number of carbonyl (C=O) groups is 2. The first kappa shape index (κ1) is 21.7. The van der Waals surface area contributed by atoms with E-state index in [1.165, 1.54) is 16.7 Å². The maximum Gasteiger partial charge on any atom is 0.357 e. The molecule has 0 unspecified atom stereocenters. The van der Waals surface area contributed by atoms with Gasteiger partial charge in [0, 0.05) is 10.9 Å². The molecule has 3 N–H and O–H groups in total. The summed E-state index contributed by atoms with van der Waals surface area (Å²) < 4.78 is 11.6. The molecule has 1 heterocycles. The minimum Gasteiger partial charge on any atom is -0.508 e. The van der Waals surface area contributed by atoms with Gasteiger partial charge in [-0.1, -0.05) is 12.1 Å². The van der Waals surface area contributed by atoms with Crippen LogP contribution in [-0.4, -0.2) is 34.8 Å². The number of fused-ring (bicyclic) bond motifs is 1. The van der Waals surface area contributed by atoms with E-state index in [-0.39, 0.29) is 42.5 Å². The average molecular weight is 421 g/mol. The zero-order valence-electron chi connectivity index (χ0n) is 17.6. The smallest absolute Gasteiger partial charge is 0.357 e. The van der Waals surface area contributed by atoms with Gasteiger partial charge < -0.3 is 24.9 Å². The number of nitriles is 1. The molecule has 160 valence electrons. The van der Waals surface area contributed by atoms with Crippen LogP contribution in [0.1, 0.15) is 35.5 Å². The average Bonchev–Trinajstić information content (AvgIpc) is 2.99. The standard InChI is InChI=1S/C23H23N3O5/c1-4-30-18(28)12-26-21-16(20(25)22(26)23(29)31-5-2)10-13(3)19(17(21)11-24)14-6-8-15(27)9-7-14/h6-10,27H,4-5,12,25H2,1-3H3. The number of benzene rings is 2. The largest absolute Gasteiger partial charge is 0.508 e. The van der Waals surface area contributed by atoms with Crippen molar-refractivity contribution in [3.8, 4) is 22.9 Å². The molecule has 31 heavy (non-hydrogen) atoms. The van der Waals surface area contributed by atoms with Crippen molar-refractivity contribution in [1.82, 2.24) is 4.57 Å². The van der Waals surface area contributed by atoms with Crippen LogP contribution in [-0.2, 0) is 20.8 Å². The molecule has 0 aliphatic carbocycles. The number of aromatic hydroxyl groups is 1. The van der Waals surface area contributed by atoms with Crippen LogP contribution in [0.2, 0.25) is 0 Å². The Kier molecular flexibility index (Phi) is 6.16. The van der Waals surface area contributed by atoms with Gasteiger partial charge >= 0.3 is 11.9 Å². The number of phenols is 1. The second kappa shape index (κ2) is 8.79. The van der Waals surface area contributed by atoms with Crippen LogP contribution in [0, 0.1) is 18.3 Å². The number of anilines is 1. The van der Waals surface area contributed by atoms with Crippen LogP contribution in [0.4, 0.5) is 5.69 Å². The molecule has 0 saturated carbocycles. The number of nitrogens with two attached hydrogens (primary N) is 1. The van der Waals surface area contributed by atoms with Crippen molar-refractivity contribution in [3.63, 3.8) is 0 Å². The van der Waals surface area contributed by atoms with Crippen LogP contribution in [0.3, 0.4) is 0 Å². The van der Waals surface area contributed by atoms with E-state index in [0.29, 0.717) is 22.0 Å². The van der Waals surface area contributed by atoms with Crippen molar-refractivity contribution in [3.05, 3.63) is 47.2 Å². The number of hydrogen-bond donors (Lipinski definition) is 2. The summed E-state index contributed by atoms with van der Waals surface area (Å²) in [4.78, 5) is 25.0. The third kappa shape index (κ3) is 3.90. The number of carbonyl (C=O) groups excluding carboxylic acids is 2. The van der Waals surface area contributed by atoms with Crippen LogP contribution in [0.25, 0.3) is 22.0 Å². The molecule has 8 heteroatoms. The topological polar surface area (TPSA) is 128 Å². The quantitative estimate of drug-likeness (QED) is 0.583. The van der Waals surface area contributed by atoms with Gasteiger partial charge in [0.25, 0.3) is 0 Å². The Labute approximate surface area is 179 Å². The third-order valence-electron chi connectivity index (χ3n) is 4.91. The van der Waals surface area contributed by atoms with Gasteiger partial charge in [-0.15, -0.1) is 0 Å². The predicted molar refractivity (Wildman–Crippen MR) is 115 cm³/mol. The van der Waals surface area contributed by atoms with Crippen molar-refractivity contribution in [2.24, 2.45) is 0 Å². The fourth-order valence-corrected chi connectivity index (χ4v) is 3.70. The summed E-state index contributed by atoms with van der Waals surface area (Å²) in [5.41, 5.74) is 9.13. The van der Waals surface area contributed by atoms with Crippen molar-refractivity contribution in [2.45, 2.75) is 27.3 Å². The second-order valence-electron chi connectivity index (χ2n) is 6.87. The van der Waals surface area contributed by atoms with Crippen molar-refractivity contribution in [2.75, 3.05) is 18.9 Å². The van der Waals surface area contributed by atoms with Crippen molar-refractivity contribution < 1.29 is 24.2 Å². The number of nitrogens with zero attached hydrogens (tertiary/aromatic N) is 2. The Bertz CT molecular complexity index is 1200. The summed E-state index contributed by atoms with van der Waals surface area (Å²) in [6.45, 7) is 5.17. The molecule has 0 fully saturated rings. The van der Waals surface area contributed by atoms with E-state index in [4.69, 9.17) is 15.2 Å². The highest BCUT2D eigenvalue weighted by Crippen LogP contribution is 2.39. The Hall–Kier alpha value is -3.99. The lowest BCUT2D eigenvalue weighted by Crippen LogP contribution is -2.20. The normalized spacial score (nSPS) is 10.6. The number of ether oxygens (including phenoxy) is 2. The molecule has 0 bridgehead atoms. The Balaban J connectivity index is 2.40. The molecule has 0 atom stereocenters. The first-order valence-corrected chi connectivity index (χ1v) is 9.81. The highest BCUT2D eigenvalue weighted by Gasteiger charge is 2.28. The first-order chi connectivity index (χ1) is 14.8. The Morgan fingerprint density at radius 1 is 1.16 bits per heavy atom. The summed E-state index contributed by atoms with van der Waals surface area (Å²) in [6, 6.07) is 10.4. The van der Waals surface area contributed by atoms with Crippen molar-refractivity contribution >= 4 is 28.5 Å². The Morgan fingerprint density at radius 2 is 1.81 bits per heavy atom. The zero-order chi connectivity index (χ0) is 22.7. The number of aromatic nitrogens is 1. The maximum atomic E-state index is 12.7. The van der Waals surface area contributed by atoms with Crippen LogP contribution >= 0.6 is 0 Å². The van der Waals surface area contributed by atoms with Gasteiger partial charge in [0.05, 0.1) is 30.0 Å². The Morgan fingerprint density at radius 3 is 2.39 bits per heavy atom. The first-order valence-electron chi connectivity index (χ1n) is 9.81. The molecule has 0 aliphatic rings. The molecule has 2 aromatic carbocycles. The molecule has 3 rings (SSSR count). The SMILES string of the molecule is CCOC(=O)Cn1c(C(=O)OCC)c(N)c2cc(C)c(-c3ccc(O)cc3)c(C#N)c21. The van der Waals surface area contributed by atoms with E-state index >= 15 is 0 Å². The predicted octanol–water partition coefficient (Wildman–Crippen LogP) is 3.52. The van der Waals surface area contributed by atoms with E-state index in [0.717, 1.165) is 5.56 Å². The highest BCUT2D eigenvalue weighted by atomic mass is 16.5. The molecular formula is C23H23N3O5. The van der Waals surface area contributed by atoms with Gasteiger partial charge in [0.15, 0.2) is 5.69 Å². The van der Waals surface area contributed by atoms with E-state index in [2.05, 4.69) is 6.07 Å². The number of nitrogen functional groups attached to an aromatic ring is 1. The molecule has 0 spiro atoms. The van der Waals surface area contributed by atoms with E-state index < -0.39 is 11.9 Å². The number of phenolic OH excluding ortho intramolecular Hbond substituents is 1. The fourth-order valence-electron chi connectivity index (χ4n) is 3.70. The summed E-state index contributed by atoms with van der Waals surface area (Å²) in [5, 5.41) is 20.2.